The van der Waals surface area contributed by atoms with E-state index in [-0.39, 0.29) is 0 Å². The van der Waals surface area contributed by atoms with Gasteiger partial charge in [-0.2, -0.15) is 5.10 Å². The van der Waals surface area contributed by atoms with Gasteiger partial charge in [0.25, 0.3) is 0 Å². The number of piperidine rings is 1. The normalized spacial score (nSPS) is 19.6. The highest BCUT2D eigenvalue weighted by Gasteiger charge is 2.24. The first-order chi connectivity index (χ1) is 9.27. The second-order valence-corrected chi connectivity index (χ2v) is 5.87. The minimum absolute atomic E-state index is 0.520. The molecule has 1 aliphatic rings. The Morgan fingerprint density at radius 3 is 2.79 bits per heavy atom. The van der Waals surface area contributed by atoms with Gasteiger partial charge in [-0.05, 0) is 35.3 Å². The molecule has 2 aromatic rings. The molecule has 4 heteroatoms. The summed E-state index contributed by atoms with van der Waals surface area (Å²) in [6.45, 7) is 2.16. The quantitative estimate of drug-likeness (QED) is 0.920. The van der Waals surface area contributed by atoms with Gasteiger partial charge in [-0.25, -0.2) is 0 Å². The Bertz CT molecular complexity index is 556. The van der Waals surface area contributed by atoms with Crippen LogP contribution in [0.4, 0.5) is 0 Å². The third kappa shape index (κ3) is 2.47. The molecule has 2 heterocycles. The minimum Gasteiger partial charge on any atom is -0.316 e. The molecule has 3 rings (SSSR count). The van der Waals surface area contributed by atoms with Crippen LogP contribution >= 0.6 is 15.9 Å². The average Bonchev–Trinajstić information content (AvgIpc) is 2.76. The van der Waals surface area contributed by atoms with Crippen molar-refractivity contribution in [3.8, 4) is 11.3 Å². The monoisotopic (exact) mass is 319 g/mol. The van der Waals surface area contributed by atoms with Gasteiger partial charge in [-0.1, -0.05) is 30.3 Å². The summed E-state index contributed by atoms with van der Waals surface area (Å²) < 4.78 is 3.14. The zero-order valence-electron chi connectivity index (χ0n) is 11.1. The van der Waals surface area contributed by atoms with Crippen LogP contribution in [0.25, 0.3) is 11.3 Å². The first-order valence-electron chi connectivity index (χ1n) is 6.76. The van der Waals surface area contributed by atoms with E-state index in [4.69, 9.17) is 5.10 Å². The van der Waals surface area contributed by atoms with E-state index in [0.717, 1.165) is 17.6 Å². The maximum absolute atomic E-state index is 4.74. The standard InChI is InChI=1S/C15H18BrN3/c1-19-15(11-6-3-2-4-7-11)13(16)14(18-19)12-8-5-9-17-10-12/h2-4,6-7,12,17H,5,8-10H2,1H3. The van der Waals surface area contributed by atoms with Crippen molar-refractivity contribution in [3.05, 3.63) is 40.5 Å². The molecule has 1 unspecified atom stereocenters. The fraction of sp³-hybridized carbons (Fsp3) is 0.400. The summed E-state index contributed by atoms with van der Waals surface area (Å²) in [6.07, 6.45) is 2.45. The first kappa shape index (κ1) is 12.9. The molecule has 1 N–H and O–H groups in total. The number of hydrogen-bond acceptors (Lipinski definition) is 2. The van der Waals surface area contributed by atoms with Gasteiger partial charge in [-0.15, -0.1) is 0 Å². The van der Waals surface area contributed by atoms with E-state index >= 15 is 0 Å². The molecule has 3 nitrogen and oxygen atoms in total. The van der Waals surface area contributed by atoms with Crippen LogP contribution in [0.5, 0.6) is 0 Å². The molecule has 100 valence electrons. The number of nitrogens with one attached hydrogen (secondary N) is 1. The molecule has 0 spiro atoms. The van der Waals surface area contributed by atoms with Gasteiger partial charge >= 0.3 is 0 Å². The number of aromatic nitrogens is 2. The van der Waals surface area contributed by atoms with Crippen molar-refractivity contribution in [2.24, 2.45) is 7.05 Å². The van der Waals surface area contributed by atoms with Gasteiger partial charge < -0.3 is 5.32 Å². The van der Waals surface area contributed by atoms with Crippen molar-refractivity contribution in [3.63, 3.8) is 0 Å². The van der Waals surface area contributed by atoms with Crippen molar-refractivity contribution in [1.29, 1.82) is 0 Å². The topological polar surface area (TPSA) is 29.9 Å². The van der Waals surface area contributed by atoms with Gasteiger partial charge in [0.1, 0.15) is 0 Å². The number of aryl methyl sites for hydroxylation is 1. The lowest BCUT2D eigenvalue weighted by Gasteiger charge is -2.21. The lowest BCUT2D eigenvalue weighted by atomic mass is 9.96. The van der Waals surface area contributed by atoms with Gasteiger partial charge in [0, 0.05) is 25.1 Å². The fourth-order valence-electron chi connectivity index (χ4n) is 2.77. The third-order valence-corrected chi connectivity index (χ3v) is 4.53. The number of rotatable bonds is 2. The average molecular weight is 320 g/mol. The molecule has 0 amide bonds. The number of benzene rings is 1. The summed E-state index contributed by atoms with van der Waals surface area (Å²) >= 11 is 3.76. The van der Waals surface area contributed by atoms with Crippen LogP contribution < -0.4 is 5.32 Å². The molecule has 1 saturated heterocycles. The Morgan fingerprint density at radius 1 is 1.32 bits per heavy atom. The molecule has 1 atom stereocenters. The minimum atomic E-state index is 0.520. The largest absolute Gasteiger partial charge is 0.316 e. The predicted octanol–water partition coefficient (Wildman–Crippen LogP) is 3.32. The zero-order valence-corrected chi connectivity index (χ0v) is 12.7. The maximum atomic E-state index is 4.74. The van der Waals surface area contributed by atoms with Gasteiger partial charge in [0.2, 0.25) is 0 Å². The first-order valence-corrected chi connectivity index (χ1v) is 7.55. The van der Waals surface area contributed by atoms with E-state index < -0.39 is 0 Å². The van der Waals surface area contributed by atoms with Crippen LogP contribution in [0, 0.1) is 0 Å². The highest BCUT2D eigenvalue weighted by atomic mass is 79.9. The van der Waals surface area contributed by atoms with Crippen molar-refractivity contribution < 1.29 is 0 Å². The van der Waals surface area contributed by atoms with Crippen LogP contribution in [0.3, 0.4) is 0 Å². The van der Waals surface area contributed by atoms with Crippen LogP contribution in [0.1, 0.15) is 24.5 Å². The van der Waals surface area contributed by atoms with E-state index in [1.54, 1.807) is 0 Å². The SMILES string of the molecule is Cn1nc(C2CCCNC2)c(Br)c1-c1ccccc1. The van der Waals surface area contributed by atoms with Gasteiger partial charge in [0.15, 0.2) is 0 Å². The van der Waals surface area contributed by atoms with Crippen molar-refractivity contribution in [1.82, 2.24) is 15.1 Å². The second kappa shape index (κ2) is 5.47. The predicted molar refractivity (Wildman–Crippen MR) is 81.2 cm³/mol. The fourth-order valence-corrected chi connectivity index (χ4v) is 3.66. The Hall–Kier alpha value is -1.13. The molecular formula is C15H18BrN3. The smallest absolute Gasteiger partial charge is 0.0824 e. The molecule has 0 saturated carbocycles. The number of halogens is 1. The summed E-state index contributed by atoms with van der Waals surface area (Å²) in [5.74, 6) is 0.520. The third-order valence-electron chi connectivity index (χ3n) is 3.74. The van der Waals surface area contributed by atoms with E-state index in [9.17, 15) is 0 Å². The van der Waals surface area contributed by atoms with Crippen LogP contribution in [0.2, 0.25) is 0 Å². The molecule has 19 heavy (non-hydrogen) atoms. The summed E-state index contributed by atoms with van der Waals surface area (Å²) in [4.78, 5) is 0. The molecule has 1 aromatic heterocycles. The van der Waals surface area contributed by atoms with Gasteiger partial charge in [-0.3, -0.25) is 4.68 Å². The number of hydrogen-bond donors (Lipinski definition) is 1. The van der Waals surface area contributed by atoms with Gasteiger partial charge in [0.05, 0.1) is 15.9 Å². The highest BCUT2D eigenvalue weighted by molar-refractivity contribution is 9.10. The molecular weight excluding hydrogens is 302 g/mol. The van der Waals surface area contributed by atoms with E-state index in [0.29, 0.717) is 5.92 Å². The van der Waals surface area contributed by atoms with E-state index in [1.165, 1.54) is 29.8 Å². The van der Waals surface area contributed by atoms with E-state index in [1.807, 2.05) is 17.8 Å². The van der Waals surface area contributed by atoms with Crippen molar-refractivity contribution >= 4 is 15.9 Å². The van der Waals surface area contributed by atoms with Crippen LogP contribution in [-0.4, -0.2) is 22.9 Å². The molecule has 1 aromatic carbocycles. The molecule has 1 aliphatic heterocycles. The Morgan fingerprint density at radius 2 is 2.11 bits per heavy atom. The summed E-state index contributed by atoms with van der Waals surface area (Å²) in [7, 11) is 2.02. The van der Waals surface area contributed by atoms with E-state index in [2.05, 4.69) is 45.5 Å². The molecule has 0 radical (unpaired) electrons. The Labute approximate surface area is 122 Å². The Kier molecular flexibility index (Phi) is 3.71. The van der Waals surface area contributed by atoms with Crippen LogP contribution in [-0.2, 0) is 7.05 Å². The molecule has 1 fully saturated rings. The highest BCUT2D eigenvalue weighted by Crippen LogP contribution is 2.36. The maximum Gasteiger partial charge on any atom is 0.0824 e. The van der Waals surface area contributed by atoms with Crippen molar-refractivity contribution in [2.75, 3.05) is 13.1 Å². The summed E-state index contributed by atoms with van der Waals surface area (Å²) in [5, 5.41) is 8.20. The number of nitrogens with zero attached hydrogens (tertiary/aromatic N) is 2. The summed E-state index contributed by atoms with van der Waals surface area (Å²) in [5.41, 5.74) is 3.56. The molecule has 0 bridgehead atoms. The summed E-state index contributed by atoms with van der Waals surface area (Å²) in [6, 6.07) is 10.4. The van der Waals surface area contributed by atoms with Crippen molar-refractivity contribution in [2.45, 2.75) is 18.8 Å². The lowest BCUT2D eigenvalue weighted by Crippen LogP contribution is -2.28. The second-order valence-electron chi connectivity index (χ2n) is 5.08. The lowest BCUT2D eigenvalue weighted by molar-refractivity contribution is 0.450. The molecule has 0 aliphatic carbocycles. The van der Waals surface area contributed by atoms with Crippen LogP contribution in [0.15, 0.2) is 34.8 Å². The zero-order chi connectivity index (χ0) is 13.2. The Balaban J connectivity index is 2.00.